The van der Waals surface area contributed by atoms with E-state index in [-0.39, 0.29) is 12.1 Å². The molecule has 0 atom stereocenters. The van der Waals surface area contributed by atoms with Crippen molar-refractivity contribution in [3.05, 3.63) is 34.9 Å². The van der Waals surface area contributed by atoms with Gasteiger partial charge in [0.15, 0.2) is 5.78 Å². The number of benzene rings is 1. The van der Waals surface area contributed by atoms with Crippen molar-refractivity contribution in [2.24, 2.45) is 0 Å². The third kappa shape index (κ3) is 6.04. The van der Waals surface area contributed by atoms with Gasteiger partial charge in [-0.15, -0.1) is 0 Å². The molecule has 0 unspecified atom stereocenters. The van der Waals surface area contributed by atoms with E-state index < -0.39 is 31.7 Å². The number of hydrogen-bond donors (Lipinski definition) is 1. The first-order chi connectivity index (χ1) is 8.81. The van der Waals surface area contributed by atoms with E-state index in [2.05, 4.69) is 0 Å². The highest BCUT2D eigenvalue weighted by molar-refractivity contribution is 6.31. The van der Waals surface area contributed by atoms with Crippen molar-refractivity contribution in [1.82, 2.24) is 4.90 Å². The van der Waals surface area contributed by atoms with Crippen molar-refractivity contribution < 1.29 is 23.1 Å². The van der Waals surface area contributed by atoms with Gasteiger partial charge in [-0.3, -0.25) is 9.69 Å². The molecule has 0 saturated carbocycles. The Balaban J connectivity index is 2.71. The van der Waals surface area contributed by atoms with Crippen LogP contribution in [0.4, 0.5) is 13.2 Å². The maximum absolute atomic E-state index is 12.3. The Bertz CT molecular complexity index is 437. The lowest BCUT2D eigenvalue weighted by molar-refractivity contribution is -0.145. The summed E-state index contributed by atoms with van der Waals surface area (Å²) >= 11 is 5.71. The van der Waals surface area contributed by atoms with Gasteiger partial charge in [0.2, 0.25) is 0 Å². The number of aliphatic hydroxyl groups excluding tert-OH is 1. The first-order valence-electron chi connectivity index (χ1n) is 5.50. The second kappa shape index (κ2) is 6.88. The van der Waals surface area contributed by atoms with Crippen LogP contribution in [0.2, 0.25) is 5.02 Å². The van der Waals surface area contributed by atoms with Crippen LogP contribution in [0.5, 0.6) is 0 Å². The monoisotopic (exact) mass is 295 g/mol. The summed E-state index contributed by atoms with van der Waals surface area (Å²) in [6.45, 7) is -2.31. The van der Waals surface area contributed by atoms with Crippen LogP contribution in [0, 0.1) is 0 Å². The topological polar surface area (TPSA) is 40.5 Å². The molecule has 0 amide bonds. The first-order valence-corrected chi connectivity index (χ1v) is 5.88. The molecular weight excluding hydrogens is 283 g/mol. The molecule has 0 aliphatic heterocycles. The predicted octanol–water partition coefficient (Wildman–Crippen LogP) is 2.38. The summed E-state index contributed by atoms with van der Waals surface area (Å²) < 4.78 is 36.9. The largest absolute Gasteiger partial charge is 0.401 e. The van der Waals surface area contributed by atoms with E-state index in [0.717, 1.165) is 4.90 Å². The van der Waals surface area contributed by atoms with Gasteiger partial charge in [0.25, 0.3) is 0 Å². The molecule has 1 aromatic rings. The highest BCUT2D eigenvalue weighted by Gasteiger charge is 2.31. The summed E-state index contributed by atoms with van der Waals surface area (Å²) in [5, 5.41) is 9.06. The minimum Gasteiger partial charge on any atom is -0.395 e. The molecule has 0 radical (unpaired) electrons. The van der Waals surface area contributed by atoms with Crippen molar-refractivity contribution in [3.8, 4) is 0 Å². The summed E-state index contributed by atoms with van der Waals surface area (Å²) in [7, 11) is 0. The lowest BCUT2D eigenvalue weighted by Gasteiger charge is -2.21. The van der Waals surface area contributed by atoms with Gasteiger partial charge in [0, 0.05) is 17.1 Å². The number of rotatable bonds is 6. The zero-order valence-corrected chi connectivity index (χ0v) is 10.7. The fourth-order valence-electron chi connectivity index (χ4n) is 1.57. The van der Waals surface area contributed by atoms with Gasteiger partial charge >= 0.3 is 6.18 Å². The van der Waals surface area contributed by atoms with E-state index >= 15 is 0 Å². The smallest absolute Gasteiger partial charge is 0.395 e. The zero-order chi connectivity index (χ0) is 14.5. The van der Waals surface area contributed by atoms with E-state index in [4.69, 9.17) is 16.7 Å². The average molecular weight is 296 g/mol. The van der Waals surface area contributed by atoms with Crippen LogP contribution in [0.25, 0.3) is 0 Å². The number of carbonyl (C=O) groups is 1. The van der Waals surface area contributed by atoms with Gasteiger partial charge in [0.1, 0.15) is 0 Å². The Labute approximate surface area is 113 Å². The normalized spacial score (nSPS) is 11.9. The Morgan fingerprint density at radius 1 is 1.37 bits per heavy atom. The predicted molar refractivity (Wildman–Crippen MR) is 65.4 cm³/mol. The number of halogens is 4. The summed E-state index contributed by atoms with van der Waals surface area (Å²) in [6, 6.07) is 6.00. The molecule has 0 heterocycles. The molecule has 0 saturated heterocycles. The van der Waals surface area contributed by atoms with Crippen LogP contribution in [0.15, 0.2) is 24.3 Å². The van der Waals surface area contributed by atoms with Gasteiger partial charge in [-0.05, 0) is 12.1 Å². The van der Waals surface area contributed by atoms with Crippen molar-refractivity contribution in [2.75, 3.05) is 26.2 Å². The molecule has 1 aromatic carbocycles. The molecule has 0 aliphatic rings. The molecule has 0 bridgehead atoms. The van der Waals surface area contributed by atoms with Crippen molar-refractivity contribution in [1.29, 1.82) is 0 Å². The standard InChI is InChI=1S/C12H13ClF3NO2/c13-10-3-1-2-9(6-10)11(19)7-17(4-5-18)8-12(14,15)16/h1-3,6,18H,4-5,7-8H2. The number of aliphatic hydroxyl groups is 1. The van der Waals surface area contributed by atoms with E-state index in [1.165, 1.54) is 12.1 Å². The van der Waals surface area contributed by atoms with Crippen LogP contribution < -0.4 is 0 Å². The van der Waals surface area contributed by atoms with Crippen LogP contribution in [-0.4, -0.2) is 48.2 Å². The fourth-order valence-corrected chi connectivity index (χ4v) is 1.76. The third-order valence-corrected chi connectivity index (χ3v) is 2.57. The molecule has 0 spiro atoms. The van der Waals surface area contributed by atoms with Crippen LogP contribution >= 0.6 is 11.6 Å². The van der Waals surface area contributed by atoms with E-state index in [1.807, 2.05) is 0 Å². The fraction of sp³-hybridized carbons (Fsp3) is 0.417. The quantitative estimate of drug-likeness (QED) is 0.819. The minimum atomic E-state index is -4.41. The maximum atomic E-state index is 12.3. The molecule has 1 N–H and O–H groups in total. The van der Waals surface area contributed by atoms with Crippen LogP contribution in [-0.2, 0) is 0 Å². The Hall–Kier alpha value is -1.11. The average Bonchev–Trinajstić information content (AvgIpc) is 2.27. The molecule has 1 rings (SSSR count). The molecule has 106 valence electrons. The third-order valence-electron chi connectivity index (χ3n) is 2.33. The Morgan fingerprint density at radius 2 is 2.05 bits per heavy atom. The van der Waals surface area contributed by atoms with Gasteiger partial charge in [-0.1, -0.05) is 23.7 Å². The number of nitrogens with zero attached hydrogens (tertiary/aromatic N) is 1. The SMILES string of the molecule is O=C(CN(CCO)CC(F)(F)F)c1cccc(Cl)c1. The second-order valence-electron chi connectivity index (χ2n) is 3.98. The number of alkyl halides is 3. The van der Waals surface area contributed by atoms with Crippen molar-refractivity contribution in [3.63, 3.8) is 0 Å². The summed E-state index contributed by atoms with van der Waals surface area (Å²) in [5.74, 6) is -0.472. The van der Waals surface area contributed by atoms with Crippen molar-refractivity contribution >= 4 is 17.4 Å². The Kier molecular flexibility index (Phi) is 5.78. The maximum Gasteiger partial charge on any atom is 0.401 e. The lowest BCUT2D eigenvalue weighted by atomic mass is 10.1. The highest BCUT2D eigenvalue weighted by Crippen LogP contribution is 2.17. The first kappa shape index (κ1) is 15.9. The summed E-state index contributed by atoms with van der Waals surface area (Å²) in [6.07, 6.45) is -4.41. The van der Waals surface area contributed by atoms with Gasteiger partial charge in [-0.2, -0.15) is 13.2 Å². The van der Waals surface area contributed by atoms with Crippen LogP contribution in [0.1, 0.15) is 10.4 Å². The van der Waals surface area contributed by atoms with E-state index in [1.54, 1.807) is 12.1 Å². The van der Waals surface area contributed by atoms with Gasteiger partial charge in [-0.25, -0.2) is 0 Å². The van der Waals surface area contributed by atoms with Gasteiger partial charge in [0.05, 0.1) is 19.7 Å². The van der Waals surface area contributed by atoms with Crippen molar-refractivity contribution in [2.45, 2.75) is 6.18 Å². The molecule has 3 nitrogen and oxygen atoms in total. The molecule has 19 heavy (non-hydrogen) atoms. The second-order valence-corrected chi connectivity index (χ2v) is 4.42. The van der Waals surface area contributed by atoms with E-state index in [0.29, 0.717) is 5.02 Å². The number of Topliss-reactive ketones (excluding diaryl/α,β-unsaturated/α-hetero) is 1. The summed E-state index contributed by atoms with van der Waals surface area (Å²) in [4.78, 5) is 12.7. The minimum absolute atomic E-state index is 0.216. The number of carbonyl (C=O) groups excluding carboxylic acids is 1. The lowest BCUT2D eigenvalue weighted by Crippen LogP contribution is -2.39. The molecule has 0 aliphatic carbocycles. The highest BCUT2D eigenvalue weighted by atomic mass is 35.5. The molecule has 0 fully saturated rings. The number of hydrogen-bond acceptors (Lipinski definition) is 3. The van der Waals surface area contributed by atoms with E-state index in [9.17, 15) is 18.0 Å². The molecular formula is C12H13ClF3NO2. The van der Waals surface area contributed by atoms with Gasteiger partial charge < -0.3 is 5.11 Å². The molecule has 7 heteroatoms. The Morgan fingerprint density at radius 3 is 2.58 bits per heavy atom. The van der Waals surface area contributed by atoms with Crippen LogP contribution in [0.3, 0.4) is 0 Å². The zero-order valence-electron chi connectivity index (χ0n) is 9.95. The summed E-state index contributed by atoms with van der Waals surface area (Å²) in [5.41, 5.74) is 0.248. The molecule has 0 aromatic heterocycles. The number of ketones is 1.